The first-order chi connectivity index (χ1) is 15.0. The number of halogens is 1. The van der Waals surface area contributed by atoms with Gasteiger partial charge in [-0.3, -0.25) is 19.8 Å². The Kier molecular flexibility index (Phi) is 5.56. The summed E-state index contributed by atoms with van der Waals surface area (Å²) < 4.78 is 5.41. The lowest BCUT2D eigenvalue weighted by Gasteiger charge is -2.22. The molecular weight excluding hydrogens is 416 g/mol. The maximum absolute atomic E-state index is 13.5. The van der Waals surface area contributed by atoms with Crippen LogP contribution < -0.4 is 9.64 Å². The highest BCUT2D eigenvalue weighted by Crippen LogP contribution is 2.41. The number of non-ortho nitro benzene ring substituents is 1. The highest BCUT2D eigenvalue weighted by molar-refractivity contribution is 6.30. The Morgan fingerprint density at radius 1 is 1.03 bits per heavy atom. The number of hydrogen-bond acceptors (Lipinski definition) is 4. The number of anilines is 1. The van der Waals surface area contributed by atoms with Gasteiger partial charge in [-0.1, -0.05) is 54.1 Å². The number of ether oxygens (including phenoxy) is 1. The average Bonchev–Trinajstić information content (AvgIpc) is 3.10. The minimum Gasteiger partial charge on any atom is -0.495 e. The van der Waals surface area contributed by atoms with Crippen molar-refractivity contribution < 1.29 is 14.5 Å². The second-order valence-electron chi connectivity index (χ2n) is 6.80. The number of carbonyl (C=O) groups is 1. The van der Waals surface area contributed by atoms with E-state index in [1.165, 1.54) is 30.2 Å². The Hall–Kier alpha value is -3.90. The number of amides is 1. The van der Waals surface area contributed by atoms with E-state index in [0.717, 1.165) is 11.1 Å². The maximum Gasteiger partial charge on any atom is 0.271 e. The van der Waals surface area contributed by atoms with Crippen LogP contribution in [0.4, 0.5) is 11.4 Å². The van der Waals surface area contributed by atoms with Gasteiger partial charge in [-0.15, -0.1) is 0 Å². The molecule has 0 atom stereocenters. The summed E-state index contributed by atoms with van der Waals surface area (Å²) in [6.45, 7) is 0. The number of methoxy groups -OCH3 is 1. The van der Waals surface area contributed by atoms with Gasteiger partial charge >= 0.3 is 0 Å². The Labute approximate surface area is 183 Å². The molecule has 0 N–H and O–H groups in total. The summed E-state index contributed by atoms with van der Waals surface area (Å²) in [5, 5.41) is 11.9. The first kappa shape index (κ1) is 20.4. The van der Waals surface area contributed by atoms with Gasteiger partial charge in [-0.25, -0.2) is 0 Å². The number of hydrogen-bond donors (Lipinski definition) is 0. The molecule has 0 radical (unpaired) electrons. The number of nitro groups is 1. The van der Waals surface area contributed by atoms with Crippen LogP contribution in [0.15, 0.2) is 84.4 Å². The van der Waals surface area contributed by atoms with Gasteiger partial charge < -0.3 is 4.74 Å². The molecule has 0 fully saturated rings. The van der Waals surface area contributed by atoms with Crippen molar-refractivity contribution in [1.82, 2.24) is 0 Å². The molecule has 154 valence electrons. The first-order valence-electron chi connectivity index (χ1n) is 9.39. The van der Waals surface area contributed by atoms with E-state index in [2.05, 4.69) is 0 Å². The fraction of sp³-hybridized carbons (Fsp3) is 0.0417. The molecule has 1 heterocycles. The van der Waals surface area contributed by atoms with Crippen molar-refractivity contribution >= 4 is 40.7 Å². The van der Waals surface area contributed by atoms with Crippen LogP contribution in [0.2, 0.25) is 5.02 Å². The topological polar surface area (TPSA) is 72.7 Å². The van der Waals surface area contributed by atoms with Gasteiger partial charge in [0.15, 0.2) is 0 Å². The quantitative estimate of drug-likeness (QED) is 0.293. The van der Waals surface area contributed by atoms with E-state index >= 15 is 0 Å². The highest BCUT2D eigenvalue weighted by atomic mass is 35.5. The van der Waals surface area contributed by atoms with Crippen LogP contribution in [0, 0.1) is 10.1 Å². The van der Waals surface area contributed by atoms with E-state index in [1.807, 2.05) is 30.3 Å². The molecule has 4 rings (SSSR count). The Morgan fingerprint density at radius 2 is 1.74 bits per heavy atom. The van der Waals surface area contributed by atoms with Gasteiger partial charge in [0, 0.05) is 22.7 Å². The summed E-state index contributed by atoms with van der Waals surface area (Å²) in [4.78, 5) is 25.8. The van der Waals surface area contributed by atoms with Gasteiger partial charge in [0.2, 0.25) is 0 Å². The van der Waals surface area contributed by atoms with E-state index in [-0.39, 0.29) is 11.6 Å². The van der Waals surface area contributed by atoms with Gasteiger partial charge in [-0.2, -0.15) is 0 Å². The number of carbonyl (C=O) groups excluding carboxylic acids is 1. The molecule has 31 heavy (non-hydrogen) atoms. The molecule has 1 aliphatic rings. The van der Waals surface area contributed by atoms with Crippen LogP contribution in [0.25, 0.3) is 11.8 Å². The minimum absolute atomic E-state index is 0.139. The third kappa shape index (κ3) is 4.06. The Morgan fingerprint density at radius 3 is 2.39 bits per heavy atom. The normalized spacial score (nSPS) is 14.6. The molecule has 0 unspecified atom stereocenters. The summed E-state index contributed by atoms with van der Waals surface area (Å²) >= 11 is 6.03. The standard InChI is InChI=1S/C24H17ClN2O4/c1-31-23-12-11-20(27(29)30)15-22(23)26-21(17-7-9-19(25)10-8-17)14-18(24(26)28)13-16-5-3-2-4-6-16/h2-15H,1H3/b18-13+. The predicted molar refractivity (Wildman–Crippen MR) is 121 cm³/mol. The predicted octanol–water partition coefficient (Wildman–Crippen LogP) is 5.73. The van der Waals surface area contributed by atoms with Gasteiger partial charge in [-0.05, 0) is 41.5 Å². The van der Waals surface area contributed by atoms with Gasteiger partial charge in [0.05, 0.1) is 23.4 Å². The molecule has 0 bridgehead atoms. The largest absolute Gasteiger partial charge is 0.495 e. The molecule has 1 amide bonds. The third-order valence-electron chi connectivity index (χ3n) is 4.86. The number of benzene rings is 3. The van der Waals surface area contributed by atoms with Crippen molar-refractivity contribution in [1.29, 1.82) is 0 Å². The lowest BCUT2D eigenvalue weighted by molar-refractivity contribution is -0.384. The van der Waals surface area contributed by atoms with E-state index in [1.54, 1.807) is 36.4 Å². The monoisotopic (exact) mass is 432 g/mol. The van der Waals surface area contributed by atoms with E-state index in [9.17, 15) is 14.9 Å². The van der Waals surface area contributed by atoms with Crippen LogP contribution in [0.5, 0.6) is 5.75 Å². The van der Waals surface area contributed by atoms with Gasteiger partial charge in [0.1, 0.15) is 5.75 Å². The zero-order valence-corrected chi connectivity index (χ0v) is 17.2. The van der Waals surface area contributed by atoms with Crippen molar-refractivity contribution in [3.8, 4) is 5.75 Å². The molecule has 0 aliphatic carbocycles. The summed E-state index contributed by atoms with van der Waals surface area (Å²) in [6, 6.07) is 20.7. The lowest BCUT2D eigenvalue weighted by atomic mass is 10.1. The smallest absolute Gasteiger partial charge is 0.271 e. The van der Waals surface area contributed by atoms with Crippen LogP contribution in [0.3, 0.4) is 0 Å². The second-order valence-corrected chi connectivity index (χ2v) is 7.24. The van der Waals surface area contributed by atoms with Crippen LogP contribution in [-0.4, -0.2) is 17.9 Å². The zero-order valence-electron chi connectivity index (χ0n) is 16.5. The van der Waals surface area contributed by atoms with Crippen LogP contribution >= 0.6 is 11.6 Å². The molecule has 1 aliphatic heterocycles. The van der Waals surface area contributed by atoms with Crippen molar-refractivity contribution in [2.75, 3.05) is 12.0 Å². The van der Waals surface area contributed by atoms with E-state index < -0.39 is 4.92 Å². The Balaban J connectivity index is 1.89. The third-order valence-corrected chi connectivity index (χ3v) is 5.11. The minimum atomic E-state index is -0.504. The fourth-order valence-electron chi connectivity index (χ4n) is 3.38. The second kappa shape index (κ2) is 8.45. The molecule has 6 nitrogen and oxygen atoms in total. The van der Waals surface area contributed by atoms with Crippen molar-refractivity contribution in [2.45, 2.75) is 0 Å². The summed E-state index contributed by atoms with van der Waals surface area (Å²) in [5.41, 5.74) is 2.78. The number of rotatable bonds is 5. The molecular formula is C24H17ClN2O4. The molecule has 3 aromatic carbocycles. The number of nitrogens with zero attached hydrogens (tertiary/aromatic N) is 2. The Bertz CT molecular complexity index is 1220. The SMILES string of the molecule is COc1ccc([N+](=O)[O-])cc1N1C(=O)/C(=C/c2ccccc2)C=C1c1ccc(Cl)cc1. The van der Waals surface area contributed by atoms with E-state index in [0.29, 0.717) is 27.7 Å². The average molecular weight is 433 g/mol. The molecule has 7 heteroatoms. The molecule has 0 aromatic heterocycles. The summed E-state index contributed by atoms with van der Waals surface area (Å²) in [6.07, 6.45) is 3.54. The molecule has 0 spiro atoms. The zero-order chi connectivity index (χ0) is 22.0. The van der Waals surface area contributed by atoms with Crippen molar-refractivity contribution in [3.05, 3.63) is 111 Å². The van der Waals surface area contributed by atoms with Crippen LogP contribution in [0.1, 0.15) is 11.1 Å². The fourth-order valence-corrected chi connectivity index (χ4v) is 3.51. The molecule has 0 saturated carbocycles. The highest BCUT2D eigenvalue weighted by Gasteiger charge is 2.33. The first-order valence-corrected chi connectivity index (χ1v) is 9.77. The summed E-state index contributed by atoms with van der Waals surface area (Å²) in [7, 11) is 1.46. The summed E-state index contributed by atoms with van der Waals surface area (Å²) in [5.74, 6) is 0.0346. The van der Waals surface area contributed by atoms with Crippen molar-refractivity contribution in [2.24, 2.45) is 0 Å². The maximum atomic E-state index is 13.5. The van der Waals surface area contributed by atoms with Crippen LogP contribution in [-0.2, 0) is 4.79 Å². The number of nitro benzene ring substituents is 1. The lowest BCUT2D eigenvalue weighted by Crippen LogP contribution is -2.25. The van der Waals surface area contributed by atoms with Gasteiger partial charge in [0.25, 0.3) is 11.6 Å². The van der Waals surface area contributed by atoms with Crippen molar-refractivity contribution in [3.63, 3.8) is 0 Å². The molecule has 0 saturated heterocycles. The molecule has 3 aromatic rings. The van der Waals surface area contributed by atoms with E-state index in [4.69, 9.17) is 16.3 Å².